The first-order chi connectivity index (χ1) is 11.2. The van der Waals surface area contributed by atoms with Crippen LogP contribution in [0.2, 0.25) is 0 Å². The number of hydrogen-bond donors (Lipinski definition) is 3. The topological polar surface area (TPSA) is 84.0 Å². The molecule has 0 atom stereocenters. The Hall–Kier alpha value is -2.28. The molecule has 0 spiro atoms. The summed E-state index contributed by atoms with van der Waals surface area (Å²) in [5.41, 5.74) is 1.77. The summed E-state index contributed by atoms with van der Waals surface area (Å²) in [7, 11) is 3.07. The number of amides is 1. The maximum Gasteiger partial charge on any atom is 0.411 e. The van der Waals surface area contributed by atoms with Crippen molar-refractivity contribution in [3.63, 3.8) is 0 Å². The highest BCUT2D eigenvalue weighted by Crippen LogP contribution is 2.09. The van der Waals surface area contributed by atoms with E-state index in [9.17, 15) is 4.79 Å². The number of carbonyl (C=O) groups excluding carboxylic acids is 1. The van der Waals surface area contributed by atoms with Crippen LogP contribution in [0.15, 0.2) is 29.3 Å². The molecule has 0 fully saturated rings. The van der Waals surface area contributed by atoms with E-state index < -0.39 is 6.09 Å². The van der Waals surface area contributed by atoms with Crippen LogP contribution >= 0.6 is 0 Å². The van der Waals surface area contributed by atoms with Gasteiger partial charge in [0, 0.05) is 39.0 Å². The molecular weight excluding hydrogens is 296 g/mol. The number of anilines is 1. The molecule has 1 aromatic rings. The zero-order valence-corrected chi connectivity index (χ0v) is 14.0. The molecule has 7 nitrogen and oxygen atoms in total. The van der Waals surface area contributed by atoms with E-state index in [1.807, 2.05) is 31.2 Å². The number of aliphatic imine (C=N–C) groups is 1. The third kappa shape index (κ3) is 8.06. The highest BCUT2D eigenvalue weighted by molar-refractivity contribution is 5.84. The van der Waals surface area contributed by atoms with Gasteiger partial charge in [-0.1, -0.05) is 12.1 Å². The molecule has 0 heterocycles. The monoisotopic (exact) mass is 322 g/mol. The van der Waals surface area contributed by atoms with Crippen LogP contribution in [0, 0.1) is 0 Å². The fourth-order valence-corrected chi connectivity index (χ4v) is 1.81. The Morgan fingerprint density at radius 1 is 1.22 bits per heavy atom. The molecule has 23 heavy (non-hydrogen) atoms. The first-order valence-corrected chi connectivity index (χ1v) is 7.65. The third-order valence-corrected chi connectivity index (χ3v) is 3.03. The summed E-state index contributed by atoms with van der Waals surface area (Å²) in [6, 6.07) is 7.51. The molecule has 3 N–H and O–H groups in total. The van der Waals surface area contributed by atoms with Crippen LogP contribution in [0.25, 0.3) is 0 Å². The molecule has 0 radical (unpaired) electrons. The minimum atomic E-state index is -0.479. The Morgan fingerprint density at radius 2 is 1.96 bits per heavy atom. The van der Waals surface area contributed by atoms with Crippen LogP contribution in [0.1, 0.15) is 18.9 Å². The van der Waals surface area contributed by atoms with Crippen molar-refractivity contribution in [2.45, 2.75) is 19.9 Å². The van der Waals surface area contributed by atoms with E-state index in [1.165, 1.54) is 7.11 Å². The Labute approximate surface area is 137 Å². The van der Waals surface area contributed by atoms with Gasteiger partial charge in [0.05, 0.1) is 7.11 Å². The lowest BCUT2D eigenvalue weighted by atomic mass is 10.2. The number of methoxy groups -OCH3 is 1. The molecule has 128 valence electrons. The number of benzene rings is 1. The zero-order chi connectivity index (χ0) is 16.9. The number of rotatable bonds is 8. The molecule has 0 aliphatic heterocycles. The van der Waals surface area contributed by atoms with Crippen molar-refractivity contribution in [2.75, 3.05) is 39.2 Å². The summed E-state index contributed by atoms with van der Waals surface area (Å²) < 4.78 is 9.83. The second kappa shape index (κ2) is 11.3. The van der Waals surface area contributed by atoms with E-state index in [0.717, 1.165) is 37.7 Å². The quantitative estimate of drug-likeness (QED) is 0.387. The molecule has 0 unspecified atom stereocenters. The van der Waals surface area contributed by atoms with Crippen molar-refractivity contribution in [3.05, 3.63) is 29.8 Å². The van der Waals surface area contributed by atoms with Crippen molar-refractivity contribution in [1.29, 1.82) is 0 Å². The highest BCUT2D eigenvalue weighted by Gasteiger charge is 2.01. The number of guanidine groups is 1. The van der Waals surface area contributed by atoms with Gasteiger partial charge in [-0.15, -0.1) is 0 Å². The minimum absolute atomic E-state index is 0.479. The van der Waals surface area contributed by atoms with Crippen LogP contribution in [-0.4, -0.2) is 46.0 Å². The van der Waals surface area contributed by atoms with Gasteiger partial charge >= 0.3 is 6.09 Å². The Kier molecular flexibility index (Phi) is 9.23. The molecule has 0 saturated carbocycles. The van der Waals surface area contributed by atoms with Gasteiger partial charge in [-0.25, -0.2) is 4.79 Å². The van der Waals surface area contributed by atoms with E-state index in [0.29, 0.717) is 12.2 Å². The Balaban J connectivity index is 2.33. The van der Waals surface area contributed by atoms with E-state index in [2.05, 4.69) is 25.7 Å². The summed E-state index contributed by atoms with van der Waals surface area (Å²) in [5.74, 6) is 0.748. The van der Waals surface area contributed by atoms with Crippen LogP contribution in [0.5, 0.6) is 0 Å². The predicted molar refractivity (Wildman–Crippen MR) is 91.8 cm³/mol. The lowest BCUT2D eigenvalue weighted by Crippen LogP contribution is -2.37. The van der Waals surface area contributed by atoms with Crippen molar-refractivity contribution in [2.24, 2.45) is 4.99 Å². The minimum Gasteiger partial charge on any atom is -0.453 e. The normalized spacial score (nSPS) is 11.0. The molecule has 0 aliphatic rings. The predicted octanol–water partition coefficient (Wildman–Crippen LogP) is 1.96. The van der Waals surface area contributed by atoms with E-state index in [1.54, 1.807) is 7.05 Å². The van der Waals surface area contributed by atoms with Crippen LogP contribution in [0.4, 0.5) is 10.5 Å². The maximum absolute atomic E-state index is 11.1. The van der Waals surface area contributed by atoms with Gasteiger partial charge < -0.3 is 20.1 Å². The number of ether oxygens (including phenoxy) is 2. The van der Waals surface area contributed by atoms with Crippen molar-refractivity contribution in [3.8, 4) is 0 Å². The summed E-state index contributed by atoms with van der Waals surface area (Å²) in [5, 5.41) is 9.07. The molecule has 0 saturated heterocycles. The molecular formula is C16H26N4O3. The first-order valence-electron chi connectivity index (χ1n) is 7.65. The number of nitrogens with one attached hydrogen (secondary N) is 3. The summed E-state index contributed by atoms with van der Waals surface area (Å²) in [4.78, 5) is 15.3. The zero-order valence-electron chi connectivity index (χ0n) is 14.0. The molecule has 0 bridgehead atoms. The van der Waals surface area contributed by atoms with Gasteiger partial charge in [0.1, 0.15) is 0 Å². The van der Waals surface area contributed by atoms with Gasteiger partial charge in [-0.05, 0) is 31.0 Å². The summed E-state index contributed by atoms with van der Waals surface area (Å²) >= 11 is 0. The van der Waals surface area contributed by atoms with Crippen molar-refractivity contribution < 1.29 is 14.3 Å². The first kappa shape index (κ1) is 18.8. The summed E-state index contributed by atoms with van der Waals surface area (Å²) in [6.07, 6.45) is 0.454. The highest BCUT2D eigenvalue weighted by atomic mass is 16.5. The third-order valence-electron chi connectivity index (χ3n) is 3.03. The molecule has 1 rings (SSSR count). The Morgan fingerprint density at radius 3 is 2.57 bits per heavy atom. The summed E-state index contributed by atoms with van der Waals surface area (Å²) in [6.45, 7) is 4.92. The van der Waals surface area contributed by atoms with Crippen molar-refractivity contribution >= 4 is 17.7 Å². The molecule has 0 aliphatic carbocycles. The molecule has 0 aromatic heterocycles. The molecule has 7 heteroatoms. The average molecular weight is 322 g/mol. The number of nitrogens with zero attached hydrogens (tertiary/aromatic N) is 1. The standard InChI is InChI=1S/C16H26N4O3/c1-4-23-11-5-10-18-15(17-2)19-12-13-6-8-14(9-7-13)20-16(21)22-3/h6-9H,4-5,10-12H2,1-3H3,(H,20,21)(H2,17,18,19). The second-order valence-electron chi connectivity index (χ2n) is 4.72. The lowest BCUT2D eigenvalue weighted by Gasteiger charge is -2.12. The lowest BCUT2D eigenvalue weighted by molar-refractivity contribution is 0.145. The van der Waals surface area contributed by atoms with Gasteiger partial charge in [-0.2, -0.15) is 0 Å². The van der Waals surface area contributed by atoms with Crippen LogP contribution in [0.3, 0.4) is 0 Å². The maximum atomic E-state index is 11.1. The fourth-order valence-electron chi connectivity index (χ4n) is 1.81. The van der Waals surface area contributed by atoms with E-state index in [4.69, 9.17) is 4.74 Å². The number of carbonyl (C=O) groups is 1. The SMILES string of the molecule is CCOCCCNC(=NC)NCc1ccc(NC(=O)OC)cc1. The van der Waals surface area contributed by atoms with Gasteiger partial charge in [0.25, 0.3) is 0 Å². The van der Waals surface area contributed by atoms with Crippen LogP contribution in [-0.2, 0) is 16.0 Å². The van der Waals surface area contributed by atoms with Crippen LogP contribution < -0.4 is 16.0 Å². The van der Waals surface area contributed by atoms with Gasteiger partial charge in [0.15, 0.2) is 5.96 Å². The Bertz CT molecular complexity index is 489. The number of hydrogen-bond acceptors (Lipinski definition) is 4. The van der Waals surface area contributed by atoms with E-state index >= 15 is 0 Å². The average Bonchev–Trinajstić information content (AvgIpc) is 2.58. The smallest absolute Gasteiger partial charge is 0.411 e. The molecule has 1 aromatic carbocycles. The second-order valence-corrected chi connectivity index (χ2v) is 4.72. The van der Waals surface area contributed by atoms with Crippen molar-refractivity contribution in [1.82, 2.24) is 10.6 Å². The largest absolute Gasteiger partial charge is 0.453 e. The van der Waals surface area contributed by atoms with Gasteiger partial charge in [0.2, 0.25) is 0 Å². The van der Waals surface area contributed by atoms with E-state index in [-0.39, 0.29) is 0 Å². The van der Waals surface area contributed by atoms with Gasteiger partial charge in [-0.3, -0.25) is 10.3 Å². The fraction of sp³-hybridized carbons (Fsp3) is 0.500. The molecule has 1 amide bonds.